The molecule has 121 valence electrons. The molecular weight excluding hydrogens is 426 g/mol. The van der Waals surface area contributed by atoms with Gasteiger partial charge in [-0.15, -0.1) is 33.7 Å². The summed E-state index contributed by atoms with van der Waals surface area (Å²) in [5.74, 6) is 0.372. The smallest absolute Gasteiger partial charge is 1.00 e. The van der Waals surface area contributed by atoms with E-state index in [1.165, 1.54) is 38.2 Å². The minimum Gasteiger partial charge on any atom is -1.00 e. The number of halogens is 2. The molecule has 1 aliphatic rings. The molecule has 0 amide bonds. The molecule has 0 spiro atoms. The Labute approximate surface area is 179 Å². The van der Waals surface area contributed by atoms with Crippen LogP contribution in [-0.4, -0.2) is 0 Å². The van der Waals surface area contributed by atoms with Crippen molar-refractivity contribution in [3.05, 3.63) is 95.6 Å². The maximum atomic E-state index is 2.34. The Morgan fingerprint density at radius 2 is 1.36 bits per heavy atom. The van der Waals surface area contributed by atoms with E-state index in [0.717, 1.165) is 0 Å². The van der Waals surface area contributed by atoms with Gasteiger partial charge in [-0.25, -0.2) is 0 Å². The first-order valence-corrected chi connectivity index (χ1v) is 7.76. The molecule has 4 aromatic carbocycles. The maximum Gasteiger partial charge on any atom is 3.00 e. The standard InChI is InChI=1S/C22H15.2ClH.Zr/c1-3-8-17-15(6-1)12-13-21(17)20-11-5-10-19-18-9-4-2-7-16(18)14-22(19)20;;;/h1-14,21H;2*1H;/q-1;;;+3/p-2. The summed E-state index contributed by atoms with van der Waals surface area (Å²) in [4.78, 5) is 0. The molecule has 0 N–H and O–H groups in total. The van der Waals surface area contributed by atoms with E-state index < -0.39 is 0 Å². The van der Waals surface area contributed by atoms with Gasteiger partial charge in [0, 0.05) is 5.92 Å². The third kappa shape index (κ3) is 3.15. The zero-order valence-electron chi connectivity index (χ0n) is 13.4. The zero-order chi connectivity index (χ0) is 14.5. The van der Waals surface area contributed by atoms with Crippen LogP contribution in [0.3, 0.4) is 0 Å². The molecule has 0 aliphatic heterocycles. The van der Waals surface area contributed by atoms with E-state index in [1.807, 2.05) is 0 Å². The molecule has 0 saturated carbocycles. The van der Waals surface area contributed by atoms with E-state index in [-0.39, 0.29) is 51.0 Å². The van der Waals surface area contributed by atoms with Gasteiger partial charge in [-0.1, -0.05) is 78.4 Å². The molecule has 0 bridgehead atoms. The first kappa shape index (κ1) is 20.1. The van der Waals surface area contributed by atoms with Crippen molar-refractivity contribution in [2.75, 3.05) is 0 Å². The summed E-state index contributed by atoms with van der Waals surface area (Å²) >= 11 is 0. The van der Waals surface area contributed by atoms with Crippen LogP contribution >= 0.6 is 0 Å². The van der Waals surface area contributed by atoms with Crippen LogP contribution in [0.25, 0.3) is 27.6 Å². The monoisotopic (exact) mass is 439 g/mol. The van der Waals surface area contributed by atoms with Crippen LogP contribution in [0.2, 0.25) is 0 Å². The van der Waals surface area contributed by atoms with Crippen molar-refractivity contribution in [1.29, 1.82) is 0 Å². The second kappa shape index (κ2) is 7.96. The number of fused-ring (bicyclic) bond motifs is 4. The quantitative estimate of drug-likeness (QED) is 0.362. The zero-order valence-corrected chi connectivity index (χ0v) is 17.4. The van der Waals surface area contributed by atoms with Gasteiger partial charge < -0.3 is 24.8 Å². The van der Waals surface area contributed by atoms with Crippen molar-refractivity contribution in [3.8, 4) is 0 Å². The SMILES string of the molecule is C1=CC(c2cccc3c2[cH-]c2ccccc23)c2ccccc21.[Cl-].[Cl-].[Zr+3]. The van der Waals surface area contributed by atoms with Crippen LogP contribution in [0.1, 0.15) is 22.6 Å². The molecule has 0 nitrogen and oxygen atoms in total. The summed E-state index contributed by atoms with van der Waals surface area (Å²) in [6.45, 7) is 0. The van der Waals surface area contributed by atoms with Gasteiger partial charge in [0.25, 0.3) is 0 Å². The van der Waals surface area contributed by atoms with E-state index in [0.29, 0.717) is 5.92 Å². The van der Waals surface area contributed by atoms with Crippen LogP contribution in [0.15, 0.2) is 78.9 Å². The third-order valence-corrected chi connectivity index (χ3v) is 4.83. The van der Waals surface area contributed by atoms with Gasteiger partial charge in [-0.2, -0.15) is 0 Å². The van der Waals surface area contributed by atoms with Crippen molar-refractivity contribution < 1.29 is 51.0 Å². The summed E-state index contributed by atoms with van der Waals surface area (Å²) in [5, 5.41) is 5.44. The Bertz CT molecular complexity index is 1050. The minimum absolute atomic E-state index is 0. The Morgan fingerprint density at radius 1 is 0.680 bits per heavy atom. The minimum atomic E-state index is 0. The summed E-state index contributed by atoms with van der Waals surface area (Å²) in [7, 11) is 0. The number of rotatable bonds is 1. The molecule has 1 unspecified atom stereocenters. The topological polar surface area (TPSA) is 0 Å². The van der Waals surface area contributed by atoms with Crippen LogP contribution in [-0.2, 0) is 26.2 Å². The average Bonchev–Trinajstić information content (AvgIpc) is 3.16. The Balaban J connectivity index is 0.000000751. The normalized spacial score (nSPS) is 14.5. The van der Waals surface area contributed by atoms with Gasteiger partial charge in [-0.3, -0.25) is 0 Å². The average molecular weight is 441 g/mol. The van der Waals surface area contributed by atoms with Gasteiger partial charge in [0.2, 0.25) is 0 Å². The summed E-state index contributed by atoms with van der Waals surface area (Å²) in [6, 6.07) is 26.4. The second-order valence-corrected chi connectivity index (χ2v) is 6.01. The molecule has 4 aromatic rings. The predicted molar refractivity (Wildman–Crippen MR) is 94.4 cm³/mol. The van der Waals surface area contributed by atoms with Crippen molar-refractivity contribution in [1.82, 2.24) is 0 Å². The fourth-order valence-electron chi connectivity index (χ4n) is 3.79. The second-order valence-electron chi connectivity index (χ2n) is 6.01. The first-order valence-electron chi connectivity index (χ1n) is 7.76. The number of hydrogen-bond acceptors (Lipinski definition) is 0. The molecule has 5 rings (SSSR count). The van der Waals surface area contributed by atoms with Crippen LogP contribution in [0, 0.1) is 0 Å². The molecule has 1 atom stereocenters. The van der Waals surface area contributed by atoms with Gasteiger partial charge >= 0.3 is 26.2 Å². The van der Waals surface area contributed by atoms with E-state index in [4.69, 9.17) is 0 Å². The largest absolute Gasteiger partial charge is 3.00 e. The number of allylic oxidation sites excluding steroid dienone is 1. The third-order valence-electron chi connectivity index (χ3n) is 4.83. The molecule has 25 heavy (non-hydrogen) atoms. The fourth-order valence-corrected chi connectivity index (χ4v) is 3.79. The van der Waals surface area contributed by atoms with Gasteiger partial charge in [-0.05, 0) is 11.1 Å². The van der Waals surface area contributed by atoms with Crippen molar-refractivity contribution >= 4 is 27.6 Å². The van der Waals surface area contributed by atoms with E-state index in [1.54, 1.807) is 0 Å². The molecule has 1 aliphatic carbocycles. The van der Waals surface area contributed by atoms with Gasteiger partial charge in [0.05, 0.1) is 0 Å². The van der Waals surface area contributed by atoms with Crippen LogP contribution in [0.4, 0.5) is 0 Å². The fraction of sp³-hybridized carbons (Fsp3) is 0.0455. The number of benzene rings is 3. The molecule has 0 saturated heterocycles. The van der Waals surface area contributed by atoms with Crippen LogP contribution < -0.4 is 24.8 Å². The molecule has 0 fully saturated rings. The molecular formula is C22H15Cl2Zr. The van der Waals surface area contributed by atoms with Crippen molar-refractivity contribution in [2.24, 2.45) is 0 Å². The van der Waals surface area contributed by atoms with Crippen molar-refractivity contribution in [2.45, 2.75) is 5.92 Å². The molecule has 1 radical (unpaired) electrons. The first-order chi connectivity index (χ1) is 10.9. The Kier molecular flexibility index (Phi) is 6.38. The van der Waals surface area contributed by atoms with E-state index in [9.17, 15) is 0 Å². The summed E-state index contributed by atoms with van der Waals surface area (Å²) in [5.41, 5.74) is 4.18. The molecule has 0 heterocycles. The summed E-state index contributed by atoms with van der Waals surface area (Å²) in [6.07, 6.45) is 4.58. The van der Waals surface area contributed by atoms with Crippen molar-refractivity contribution in [3.63, 3.8) is 0 Å². The van der Waals surface area contributed by atoms with Gasteiger partial charge in [0.15, 0.2) is 0 Å². The molecule has 3 heteroatoms. The van der Waals surface area contributed by atoms with E-state index >= 15 is 0 Å². The Morgan fingerprint density at radius 3 is 2.24 bits per heavy atom. The number of hydrogen-bond donors (Lipinski definition) is 0. The van der Waals surface area contributed by atoms with Gasteiger partial charge in [0.1, 0.15) is 0 Å². The maximum absolute atomic E-state index is 2.34. The Hall–Kier alpha value is -1.27. The van der Waals surface area contributed by atoms with Crippen LogP contribution in [0.5, 0.6) is 0 Å². The van der Waals surface area contributed by atoms with E-state index in [2.05, 4.69) is 84.9 Å². The molecule has 0 aromatic heterocycles. The predicted octanol–water partition coefficient (Wildman–Crippen LogP) is -0.124. The summed E-state index contributed by atoms with van der Waals surface area (Å²) < 4.78 is 0.